The molecule has 30 heavy (non-hydrogen) atoms. The molecule has 1 aliphatic heterocycles. The quantitative estimate of drug-likeness (QED) is 0.746. The van der Waals surface area contributed by atoms with Gasteiger partial charge in [-0.05, 0) is 86.8 Å². The summed E-state index contributed by atoms with van der Waals surface area (Å²) in [5, 5.41) is 6.29. The smallest absolute Gasteiger partial charge is 0.315 e. The van der Waals surface area contributed by atoms with Crippen LogP contribution in [0.1, 0.15) is 44.9 Å². The van der Waals surface area contributed by atoms with Crippen LogP contribution in [-0.4, -0.2) is 43.9 Å². The Morgan fingerprint density at radius 1 is 1.13 bits per heavy atom. The number of hydrogen-bond donors (Lipinski definition) is 2. The van der Waals surface area contributed by atoms with E-state index in [1.54, 1.807) is 0 Å². The number of nitrogens with one attached hydrogen (secondary N) is 2. The highest BCUT2D eigenvalue weighted by molar-refractivity contribution is 7.89. The fourth-order valence-corrected chi connectivity index (χ4v) is 8.31. The Kier molecular flexibility index (Phi) is 5.05. The Morgan fingerprint density at radius 2 is 1.80 bits per heavy atom. The maximum Gasteiger partial charge on any atom is 0.315 e. The summed E-state index contributed by atoms with van der Waals surface area (Å²) < 4.78 is 40.3. The summed E-state index contributed by atoms with van der Waals surface area (Å²) >= 11 is 0. The van der Waals surface area contributed by atoms with Crippen molar-refractivity contribution in [1.82, 2.24) is 14.9 Å². The molecule has 1 aromatic rings. The number of sulfonamides is 1. The first kappa shape index (κ1) is 20.2. The van der Waals surface area contributed by atoms with Gasteiger partial charge in [-0.3, -0.25) is 0 Å². The monoisotopic (exact) mass is 435 g/mol. The number of carbonyl (C=O) groups is 1. The molecule has 5 aliphatic rings. The van der Waals surface area contributed by atoms with Crippen molar-refractivity contribution >= 4 is 16.1 Å². The van der Waals surface area contributed by atoms with E-state index in [0.29, 0.717) is 26.1 Å². The molecule has 1 unspecified atom stereocenters. The Labute approximate surface area is 177 Å². The topological polar surface area (TPSA) is 78.5 Å². The van der Waals surface area contributed by atoms with Crippen LogP contribution in [0.15, 0.2) is 29.2 Å². The van der Waals surface area contributed by atoms with Crippen LogP contribution in [0, 0.1) is 29.5 Å². The normalized spacial score (nSPS) is 35.5. The number of rotatable bonds is 5. The second-order valence-corrected chi connectivity index (χ2v) is 11.9. The first-order valence-corrected chi connectivity index (χ1v) is 12.6. The molecule has 8 heteroatoms. The van der Waals surface area contributed by atoms with Crippen LogP contribution >= 0.6 is 0 Å². The summed E-state index contributed by atoms with van der Waals surface area (Å²) in [4.78, 5) is 12.6. The maximum atomic E-state index is 13.4. The third kappa shape index (κ3) is 3.84. The molecule has 4 aliphatic carbocycles. The van der Waals surface area contributed by atoms with Gasteiger partial charge in [0.1, 0.15) is 5.82 Å². The second kappa shape index (κ2) is 7.48. The highest BCUT2D eigenvalue weighted by Gasteiger charge is 2.51. The molecule has 0 spiro atoms. The number of hydrogen-bond acceptors (Lipinski definition) is 3. The van der Waals surface area contributed by atoms with Gasteiger partial charge in [-0.1, -0.05) is 6.07 Å². The third-order valence-corrected chi connectivity index (χ3v) is 9.51. The molecule has 1 aromatic carbocycles. The minimum atomic E-state index is -3.70. The predicted molar refractivity (Wildman–Crippen MR) is 111 cm³/mol. The van der Waals surface area contributed by atoms with E-state index in [-0.39, 0.29) is 22.4 Å². The molecule has 6 nitrogen and oxygen atoms in total. The number of carbonyl (C=O) groups excluding carboxylic acids is 1. The summed E-state index contributed by atoms with van der Waals surface area (Å²) in [5.74, 6) is 1.82. The van der Waals surface area contributed by atoms with Gasteiger partial charge in [0, 0.05) is 25.2 Å². The highest BCUT2D eigenvalue weighted by atomic mass is 32.2. The standard InChI is InChI=1S/C22H30FN3O3S/c23-19-2-1-3-20(9-19)30(28,29)26-5-4-15(14-26)13-24-21(27)25-22-10-16-6-17(11-22)8-18(7-16)12-22/h1-3,9,15-18H,4-8,10-14H2,(H2,24,25,27). The lowest BCUT2D eigenvalue weighted by atomic mass is 9.53. The van der Waals surface area contributed by atoms with Gasteiger partial charge >= 0.3 is 6.03 Å². The Balaban J connectivity index is 1.14. The van der Waals surface area contributed by atoms with Crippen LogP contribution in [0.25, 0.3) is 0 Å². The van der Waals surface area contributed by atoms with E-state index in [0.717, 1.165) is 43.1 Å². The molecular weight excluding hydrogens is 405 g/mol. The predicted octanol–water partition coefficient (Wildman–Crippen LogP) is 3.10. The molecule has 6 rings (SSSR count). The highest BCUT2D eigenvalue weighted by Crippen LogP contribution is 2.55. The molecule has 0 radical (unpaired) electrons. The summed E-state index contributed by atoms with van der Waals surface area (Å²) in [7, 11) is -3.70. The summed E-state index contributed by atoms with van der Waals surface area (Å²) in [5.41, 5.74) is -0.0265. The minimum Gasteiger partial charge on any atom is -0.338 e. The van der Waals surface area contributed by atoms with Gasteiger partial charge in [-0.15, -0.1) is 0 Å². The second-order valence-electron chi connectivity index (χ2n) is 10.0. The van der Waals surface area contributed by atoms with Crippen molar-refractivity contribution in [2.45, 2.75) is 55.4 Å². The van der Waals surface area contributed by atoms with Crippen LogP contribution in [0.3, 0.4) is 0 Å². The van der Waals surface area contributed by atoms with E-state index < -0.39 is 15.8 Å². The molecule has 0 aromatic heterocycles. The summed E-state index contributed by atoms with van der Waals surface area (Å²) in [6.45, 7) is 1.19. The van der Waals surface area contributed by atoms with Crippen molar-refractivity contribution in [1.29, 1.82) is 0 Å². The van der Waals surface area contributed by atoms with E-state index in [2.05, 4.69) is 10.6 Å². The number of nitrogens with zero attached hydrogens (tertiary/aromatic N) is 1. The van der Waals surface area contributed by atoms with Crippen LogP contribution in [-0.2, 0) is 10.0 Å². The zero-order valence-electron chi connectivity index (χ0n) is 17.1. The van der Waals surface area contributed by atoms with Crippen LogP contribution in [0.5, 0.6) is 0 Å². The molecule has 164 valence electrons. The summed E-state index contributed by atoms with van der Waals surface area (Å²) in [6.07, 6.45) is 8.01. The van der Waals surface area contributed by atoms with Gasteiger partial charge in [0.25, 0.3) is 0 Å². The van der Waals surface area contributed by atoms with E-state index >= 15 is 0 Å². The van der Waals surface area contributed by atoms with Crippen molar-refractivity contribution in [3.63, 3.8) is 0 Å². The third-order valence-electron chi connectivity index (χ3n) is 7.65. The molecule has 1 saturated heterocycles. The first-order valence-electron chi connectivity index (χ1n) is 11.1. The summed E-state index contributed by atoms with van der Waals surface area (Å²) in [6, 6.07) is 5.00. The van der Waals surface area contributed by atoms with Crippen molar-refractivity contribution in [2.75, 3.05) is 19.6 Å². The van der Waals surface area contributed by atoms with Gasteiger partial charge < -0.3 is 10.6 Å². The number of benzene rings is 1. The maximum absolute atomic E-state index is 13.4. The van der Waals surface area contributed by atoms with E-state index in [4.69, 9.17) is 0 Å². The van der Waals surface area contributed by atoms with Crippen molar-refractivity contribution in [3.05, 3.63) is 30.1 Å². The van der Waals surface area contributed by atoms with Crippen molar-refractivity contribution in [2.24, 2.45) is 23.7 Å². The average Bonchev–Trinajstić information content (AvgIpc) is 3.15. The molecule has 2 amide bonds. The number of urea groups is 1. The van der Waals surface area contributed by atoms with Gasteiger partial charge in [0.15, 0.2) is 0 Å². The Hall–Kier alpha value is -1.67. The zero-order valence-corrected chi connectivity index (χ0v) is 18.0. The SMILES string of the molecule is O=C(NCC1CCN(S(=O)(=O)c2cccc(F)c2)C1)NC12CC3CC(CC(C3)C1)C2. The molecule has 4 saturated carbocycles. The lowest BCUT2D eigenvalue weighted by molar-refractivity contribution is -0.0135. The fraction of sp³-hybridized carbons (Fsp3) is 0.682. The largest absolute Gasteiger partial charge is 0.338 e. The van der Waals surface area contributed by atoms with Crippen molar-refractivity contribution < 1.29 is 17.6 Å². The van der Waals surface area contributed by atoms with Crippen molar-refractivity contribution in [3.8, 4) is 0 Å². The number of amides is 2. The Bertz CT molecular complexity index is 900. The minimum absolute atomic E-state index is 0.0179. The van der Waals surface area contributed by atoms with Gasteiger partial charge in [0.05, 0.1) is 4.90 Å². The van der Waals surface area contributed by atoms with Gasteiger partial charge in [-0.25, -0.2) is 17.6 Å². The molecular formula is C22H30FN3O3S. The van der Waals surface area contributed by atoms with E-state index in [9.17, 15) is 17.6 Å². The van der Waals surface area contributed by atoms with E-state index in [1.807, 2.05) is 0 Å². The number of halogens is 1. The van der Waals surface area contributed by atoms with Crippen LogP contribution in [0.2, 0.25) is 0 Å². The fourth-order valence-electron chi connectivity index (χ4n) is 6.74. The molecule has 5 fully saturated rings. The van der Waals surface area contributed by atoms with E-state index in [1.165, 1.54) is 41.8 Å². The molecule has 1 atom stereocenters. The lowest BCUT2D eigenvalue weighted by Crippen LogP contribution is -2.61. The average molecular weight is 436 g/mol. The van der Waals surface area contributed by atoms with Gasteiger partial charge in [-0.2, -0.15) is 4.31 Å². The first-order chi connectivity index (χ1) is 14.3. The van der Waals surface area contributed by atoms with Crippen LogP contribution in [0.4, 0.5) is 9.18 Å². The molecule has 4 bridgehead atoms. The lowest BCUT2D eigenvalue weighted by Gasteiger charge is -2.56. The molecule has 2 N–H and O–H groups in total. The van der Waals surface area contributed by atoms with Gasteiger partial charge in [0.2, 0.25) is 10.0 Å². The Morgan fingerprint density at radius 3 is 2.43 bits per heavy atom. The van der Waals surface area contributed by atoms with Crippen LogP contribution < -0.4 is 10.6 Å². The zero-order chi connectivity index (χ0) is 20.9. The molecule has 1 heterocycles.